The van der Waals surface area contributed by atoms with Crippen LogP contribution in [0.2, 0.25) is 0 Å². The fourth-order valence-electron chi connectivity index (χ4n) is 2.60. The third-order valence-corrected chi connectivity index (χ3v) is 6.29. The summed E-state index contributed by atoms with van der Waals surface area (Å²) in [5, 5.41) is 15.3. The van der Waals surface area contributed by atoms with Crippen LogP contribution in [0.4, 0.5) is 17.5 Å². The van der Waals surface area contributed by atoms with Gasteiger partial charge in [0, 0.05) is 24.5 Å². The zero-order chi connectivity index (χ0) is 23.0. The number of nitrogens with one attached hydrogen (secondary N) is 3. The zero-order valence-corrected chi connectivity index (χ0v) is 19.7. The highest BCUT2D eigenvalue weighted by atomic mass is 79.9. The summed E-state index contributed by atoms with van der Waals surface area (Å²) in [6, 6.07) is 15.3. The first-order valence-corrected chi connectivity index (χ1v) is 12.1. The molecule has 4 N–H and O–H groups in total. The number of sulfonamides is 1. The Bertz CT molecular complexity index is 1110. The molecule has 170 valence electrons. The fourth-order valence-corrected chi connectivity index (χ4v) is 3.92. The lowest BCUT2D eigenvalue weighted by atomic mass is 10.3. The van der Waals surface area contributed by atoms with Gasteiger partial charge in [0.05, 0.1) is 16.0 Å². The molecule has 0 bridgehead atoms. The van der Waals surface area contributed by atoms with Gasteiger partial charge in [0.15, 0.2) is 0 Å². The van der Waals surface area contributed by atoms with E-state index in [1.54, 1.807) is 18.3 Å². The molecule has 3 rings (SSSR count). The van der Waals surface area contributed by atoms with E-state index >= 15 is 0 Å². The van der Waals surface area contributed by atoms with E-state index < -0.39 is 10.0 Å². The Kier molecular flexibility index (Phi) is 8.39. The van der Waals surface area contributed by atoms with Gasteiger partial charge in [0.25, 0.3) is 0 Å². The number of rotatable bonds is 11. The normalized spacial score (nSPS) is 12.2. The van der Waals surface area contributed by atoms with Crippen LogP contribution in [0.25, 0.3) is 0 Å². The molecule has 0 saturated heterocycles. The summed E-state index contributed by atoms with van der Waals surface area (Å²) in [6.45, 7) is 2.14. The number of hydrogen-bond acceptors (Lipinski definition) is 8. The van der Waals surface area contributed by atoms with Crippen LogP contribution in [0, 0.1) is 0 Å². The first kappa shape index (κ1) is 23.9. The lowest BCUT2D eigenvalue weighted by Crippen LogP contribution is -2.28. The van der Waals surface area contributed by atoms with Crippen LogP contribution in [0.3, 0.4) is 0 Å². The third kappa shape index (κ3) is 6.89. The number of aromatic nitrogens is 2. The van der Waals surface area contributed by atoms with E-state index in [4.69, 9.17) is 4.74 Å². The summed E-state index contributed by atoms with van der Waals surface area (Å²) in [6.07, 6.45) is 1.59. The predicted molar refractivity (Wildman–Crippen MR) is 127 cm³/mol. The van der Waals surface area contributed by atoms with Crippen molar-refractivity contribution in [1.82, 2.24) is 14.7 Å². The molecule has 32 heavy (non-hydrogen) atoms. The van der Waals surface area contributed by atoms with Gasteiger partial charge in [0.1, 0.15) is 18.2 Å². The molecule has 0 radical (unpaired) electrons. The Morgan fingerprint density at radius 2 is 1.84 bits per heavy atom. The number of aliphatic hydroxyl groups is 1. The number of benzene rings is 2. The van der Waals surface area contributed by atoms with Gasteiger partial charge in [-0.2, -0.15) is 4.98 Å². The fraction of sp³-hybridized carbons (Fsp3) is 0.238. The number of para-hydroxylation sites is 1. The van der Waals surface area contributed by atoms with Crippen LogP contribution < -0.4 is 20.1 Å². The SMILES string of the molecule is C[C@H](CO)Nc1nc(Nc2ccc(S(=O)(=O)NCCOc3ccccc3)cc2)ncc1Br. The minimum atomic E-state index is -3.66. The van der Waals surface area contributed by atoms with Gasteiger partial charge >= 0.3 is 0 Å². The van der Waals surface area contributed by atoms with E-state index in [1.807, 2.05) is 37.3 Å². The monoisotopic (exact) mass is 521 g/mol. The van der Waals surface area contributed by atoms with Crippen LogP contribution >= 0.6 is 15.9 Å². The van der Waals surface area contributed by atoms with Crippen molar-refractivity contribution < 1.29 is 18.3 Å². The maximum atomic E-state index is 12.5. The van der Waals surface area contributed by atoms with Gasteiger partial charge in [-0.05, 0) is 59.3 Å². The van der Waals surface area contributed by atoms with E-state index in [9.17, 15) is 13.5 Å². The molecule has 0 saturated carbocycles. The molecule has 9 nitrogen and oxygen atoms in total. The molecule has 11 heteroatoms. The predicted octanol–water partition coefficient (Wildman–Crippen LogP) is 3.13. The van der Waals surface area contributed by atoms with Gasteiger partial charge < -0.3 is 20.5 Å². The highest BCUT2D eigenvalue weighted by molar-refractivity contribution is 9.10. The smallest absolute Gasteiger partial charge is 0.240 e. The van der Waals surface area contributed by atoms with Crippen LogP contribution in [0.15, 0.2) is 70.2 Å². The van der Waals surface area contributed by atoms with E-state index in [2.05, 4.69) is 41.3 Å². The Labute approximate surface area is 195 Å². The minimum absolute atomic E-state index is 0.0401. The molecule has 0 spiro atoms. The van der Waals surface area contributed by atoms with Crippen molar-refractivity contribution >= 4 is 43.4 Å². The minimum Gasteiger partial charge on any atom is -0.492 e. The molecule has 0 fully saturated rings. The summed E-state index contributed by atoms with van der Waals surface area (Å²) in [4.78, 5) is 8.70. The lowest BCUT2D eigenvalue weighted by Gasteiger charge is -2.14. The van der Waals surface area contributed by atoms with Crippen LogP contribution in [-0.2, 0) is 10.0 Å². The first-order valence-electron chi connectivity index (χ1n) is 9.82. The number of ether oxygens (including phenoxy) is 1. The second-order valence-corrected chi connectivity index (χ2v) is 9.45. The molecular formula is C21H24BrN5O4S. The molecule has 2 aromatic carbocycles. The molecule has 0 unspecified atom stereocenters. The summed E-state index contributed by atoms with van der Waals surface area (Å²) in [7, 11) is -3.66. The molecule has 1 atom stereocenters. The third-order valence-electron chi connectivity index (χ3n) is 4.23. The molecule has 1 aromatic heterocycles. The van der Waals surface area contributed by atoms with Crippen LogP contribution in [0.5, 0.6) is 5.75 Å². The number of anilines is 3. The summed E-state index contributed by atoms with van der Waals surface area (Å²) in [5.74, 6) is 1.54. The van der Waals surface area contributed by atoms with E-state index in [0.717, 1.165) is 0 Å². The summed E-state index contributed by atoms with van der Waals surface area (Å²) >= 11 is 3.36. The number of nitrogens with zero attached hydrogens (tertiary/aromatic N) is 2. The van der Waals surface area contributed by atoms with Crippen molar-refractivity contribution in [3.8, 4) is 5.75 Å². The highest BCUT2D eigenvalue weighted by Crippen LogP contribution is 2.23. The Hall–Kier alpha value is -2.73. The Morgan fingerprint density at radius 3 is 2.53 bits per heavy atom. The standard InChI is InChI=1S/C21H24BrN5O4S/c1-15(14-28)25-20-19(22)13-23-21(27-20)26-16-7-9-18(10-8-16)32(29,30)24-11-12-31-17-5-3-2-4-6-17/h2-10,13,15,24,28H,11-12,14H2,1H3,(H2,23,25,26,27)/t15-/m1/s1. The average Bonchev–Trinajstić information content (AvgIpc) is 2.80. The van der Waals surface area contributed by atoms with Crippen molar-refractivity contribution in [2.45, 2.75) is 17.9 Å². The molecular weight excluding hydrogens is 498 g/mol. The molecule has 3 aromatic rings. The van der Waals surface area contributed by atoms with Crippen molar-refractivity contribution in [2.24, 2.45) is 0 Å². The van der Waals surface area contributed by atoms with Gasteiger partial charge in [-0.1, -0.05) is 18.2 Å². The molecule has 0 aliphatic rings. The average molecular weight is 522 g/mol. The van der Waals surface area contributed by atoms with Crippen molar-refractivity contribution in [3.63, 3.8) is 0 Å². The Morgan fingerprint density at radius 1 is 1.12 bits per heavy atom. The molecule has 0 aliphatic heterocycles. The highest BCUT2D eigenvalue weighted by Gasteiger charge is 2.14. The first-order chi connectivity index (χ1) is 15.4. The Balaban J connectivity index is 1.57. The van der Waals surface area contributed by atoms with E-state index in [0.29, 0.717) is 27.7 Å². The summed E-state index contributed by atoms with van der Waals surface area (Å²) in [5.41, 5.74) is 0.625. The van der Waals surface area contributed by atoms with Crippen LogP contribution in [-0.4, -0.2) is 49.3 Å². The number of hydrogen-bond donors (Lipinski definition) is 4. The van der Waals surface area contributed by atoms with Crippen LogP contribution in [0.1, 0.15) is 6.92 Å². The zero-order valence-electron chi connectivity index (χ0n) is 17.3. The van der Waals surface area contributed by atoms with Gasteiger partial charge in [0.2, 0.25) is 16.0 Å². The molecule has 1 heterocycles. The number of aliphatic hydroxyl groups excluding tert-OH is 1. The second-order valence-electron chi connectivity index (χ2n) is 6.83. The topological polar surface area (TPSA) is 125 Å². The second kappa shape index (κ2) is 11.2. The van der Waals surface area contributed by atoms with Crippen molar-refractivity contribution in [3.05, 3.63) is 65.3 Å². The quantitative estimate of drug-likeness (QED) is 0.283. The lowest BCUT2D eigenvalue weighted by molar-refractivity contribution is 0.281. The van der Waals surface area contributed by atoms with Gasteiger partial charge in [-0.3, -0.25) is 0 Å². The van der Waals surface area contributed by atoms with Crippen molar-refractivity contribution in [1.29, 1.82) is 0 Å². The van der Waals surface area contributed by atoms with Gasteiger partial charge in [-0.25, -0.2) is 18.1 Å². The molecule has 0 aliphatic carbocycles. The van der Waals surface area contributed by atoms with E-state index in [1.165, 1.54) is 12.1 Å². The van der Waals surface area contributed by atoms with Gasteiger partial charge in [-0.15, -0.1) is 0 Å². The largest absolute Gasteiger partial charge is 0.492 e. The van der Waals surface area contributed by atoms with E-state index in [-0.39, 0.29) is 30.7 Å². The molecule has 0 amide bonds. The maximum absolute atomic E-state index is 12.5. The maximum Gasteiger partial charge on any atom is 0.240 e. The number of halogens is 1. The van der Waals surface area contributed by atoms with Crippen molar-refractivity contribution in [2.75, 3.05) is 30.4 Å². The summed E-state index contributed by atoms with van der Waals surface area (Å²) < 4.78 is 33.6.